The van der Waals surface area contributed by atoms with Gasteiger partial charge in [-0.25, -0.2) is 13.4 Å². The molecule has 194 valence electrons. The standard InChI is InChI=1S/C23H30F3N3O5S/c1-4-20(31)34-19-13-28(9-10-29(19)18-6-5-16(12-27-18)23(24,25)26)35(32,33)14-22-8-7-15(11-17(22)30)21(22,2)3/h5-6,12,15,19H,4,7-11,13-14H2,1-3H3/t15-,19?,22+/m1/s1. The van der Waals surface area contributed by atoms with E-state index in [1.54, 1.807) is 6.92 Å². The molecule has 0 spiro atoms. The molecule has 3 aliphatic rings. The van der Waals surface area contributed by atoms with Crippen LogP contribution in [0.1, 0.15) is 52.0 Å². The van der Waals surface area contributed by atoms with Gasteiger partial charge in [0, 0.05) is 37.5 Å². The van der Waals surface area contributed by atoms with E-state index in [4.69, 9.17) is 4.74 Å². The largest absolute Gasteiger partial charge is 0.440 e. The Kier molecular flexibility index (Phi) is 6.45. The Balaban J connectivity index is 1.57. The molecule has 2 saturated carbocycles. The Morgan fingerprint density at radius 3 is 2.49 bits per heavy atom. The molecule has 1 aromatic heterocycles. The number of halogens is 3. The van der Waals surface area contributed by atoms with Crippen LogP contribution < -0.4 is 4.90 Å². The highest BCUT2D eigenvalue weighted by atomic mass is 32.2. The van der Waals surface area contributed by atoms with Crippen molar-refractivity contribution in [2.24, 2.45) is 16.7 Å². The minimum absolute atomic E-state index is 0.0103. The number of sulfonamides is 1. The zero-order valence-corrected chi connectivity index (χ0v) is 20.8. The van der Waals surface area contributed by atoms with Crippen LogP contribution in [0.2, 0.25) is 0 Å². The van der Waals surface area contributed by atoms with Gasteiger partial charge in [0.05, 0.1) is 17.9 Å². The number of fused-ring (bicyclic) bond motifs is 2. The number of Topliss-reactive ketones (excluding diaryl/α,β-unsaturated/α-hetero) is 1. The quantitative estimate of drug-likeness (QED) is 0.535. The number of ether oxygens (including phenoxy) is 1. The Morgan fingerprint density at radius 2 is 1.97 bits per heavy atom. The number of esters is 1. The number of piperazine rings is 1. The molecule has 1 saturated heterocycles. The van der Waals surface area contributed by atoms with E-state index in [1.807, 2.05) is 13.8 Å². The second-order valence-electron chi connectivity index (χ2n) is 10.2. The van der Waals surface area contributed by atoms with E-state index in [9.17, 15) is 31.2 Å². The van der Waals surface area contributed by atoms with Crippen LogP contribution in [0.4, 0.5) is 19.0 Å². The van der Waals surface area contributed by atoms with Crippen molar-refractivity contribution in [3.05, 3.63) is 23.9 Å². The molecule has 2 heterocycles. The molecule has 3 fully saturated rings. The van der Waals surface area contributed by atoms with Crippen molar-refractivity contribution in [3.63, 3.8) is 0 Å². The summed E-state index contributed by atoms with van der Waals surface area (Å²) in [7, 11) is -3.90. The van der Waals surface area contributed by atoms with E-state index >= 15 is 0 Å². The third-order valence-electron chi connectivity index (χ3n) is 8.18. The van der Waals surface area contributed by atoms with Gasteiger partial charge in [-0.05, 0) is 36.3 Å². The second-order valence-corrected chi connectivity index (χ2v) is 12.1. The van der Waals surface area contributed by atoms with Crippen molar-refractivity contribution in [2.45, 2.75) is 58.9 Å². The van der Waals surface area contributed by atoms with E-state index in [0.29, 0.717) is 19.0 Å². The number of carbonyl (C=O) groups excluding carboxylic acids is 2. The molecule has 2 bridgehead atoms. The molecule has 2 aliphatic carbocycles. The average Bonchev–Trinajstić information content (AvgIpc) is 3.12. The molecule has 0 N–H and O–H groups in total. The highest BCUT2D eigenvalue weighted by Gasteiger charge is 2.65. The van der Waals surface area contributed by atoms with Gasteiger partial charge in [0.25, 0.3) is 0 Å². The van der Waals surface area contributed by atoms with Gasteiger partial charge >= 0.3 is 12.1 Å². The molecule has 3 atom stereocenters. The predicted octanol–water partition coefficient (Wildman–Crippen LogP) is 3.23. The summed E-state index contributed by atoms with van der Waals surface area (Å²) in [5, 5.41) is 0. The lowest BCUT2D eigenvalue weighted by molar-refractivity contribution is -0.149. The lowest BCUT2D eigenvalue weighted by Gasteiger charge is -2.42. The molecular formula is C23H30F3N3O5S. The minimum atomic E-state index is -4.55. The van der Waals surface area contributed by atoms with E-state index in [1.165, 1.54) is 15.3 Å². The second kappa shape index (κ2) is 8.72. The van der Waals surface area contributed by atoms with Gasteiger partial charge in [-0.3, -0.25) is 9.59 Å². The molecule has 12 heteroatoms. The molecule has 35 heavy (non-hydrogen) atoms. The maximum atomic E-state index is 13.5. The summed E-state index contributed by atoms with van der Waals surface area (Å²) in [5.41, 5.74) is -2.27. The van der Waals surface area contributed by atoms with Gasteiger partial charge in [0.2, 0.25) is 10.0 Å². The molecular weight excluding hydrogens is 487 g/mol. The monoisotopic (exact) mass is 517 g/mol. The van der Waals surface area contributed by atoms with E-state index in [2.05, 4.69) is 4.98 Å². The number of hydrogen-bond donors (Lipinski definition) is 0. The minimum Gasteiger partial charge on any atom is -0.440 e. The summed E-state index contributed by atoms with van der Waals surface area (Å²) in [5.74, 6) is -0.561. The van der Waals surface area contributed by atoms with Gasteiger partial charge in [-0.2, -0.15) is 17.5 Å². The fourth-order valence-corrected chi connectivity index (χ4v) is 8.01. The van der Waals surface area contributed by atoms with E-state index < -0.39 is 44.8 Å². The summed E-state index contributed by atoms with van der Waals surface area (Å²) in [4.78, 5) is 30.3. The molecule has 1 aromatic rings. The van der Waals surface area contributed by atoms with Crippen molar-refractivity contribution < 1.29 is 35.9 Å². The van der Waals surface area contributed by atoms with Gasteiger partial charge in [-0.15, -0.1) is 0 Å². The number of ketones is 1. The van der Waals surface area contributed by atoms with Crippen LogP contribution in [0.25, 0.3) is 0 Å². The third kappa shape index (κ3) is 4.43. The lowest BCUT2D eigenvalue weighted by Crippen LogP contribution is -2.58. The number of pyridine rings is 1. The number of carbonyl (C=O) groups is 2. The maximum Gasteiger partial charge on any atom is 0.417 e. The topological polar surface area (TPSA) is 96.9 Å². The van der Waals surface area contributed by atoms with E-state index in [0.717, 1.165) is 12.5 Å². The predicted molar refractivity (Wildman–Crippen MR) is 121 cm³/mol. The van der Waals surface area contributed by atoms with Crippen LogP contribution in [0.3, 0.4) is 0 Å². The number of alkyl halides is 3. The summed E-state index contributed by atoms with van der Waals surface area (Å²) < 4.78 is 72.6. The van der Waals surface area contributed by atoms with Crippen LogP contribution in [0, 0.1) is 16.7 Å². The van der Waals surface area contributed by atoms with Crippen LogP contribution in [-0.4, -0.2) is 61.1 Å². The van der Waals surface area contributed by atoms with Crippen LogP contribution >= 0.6 is 0 Å². The fraction of sp³-hybridized carbons (Fsp3) is 0.696. The number of hydrogen-bond acceptors (Lipinski definition) is 7. The van der Waals surface area contributed by atoms with Gasteiger partial charge < -0.3 is 9.64 Å². The van der Waals surface area contributed by atoms with Gasteiger partial charge in [-0.1, -0.05) is 20.8 Å². The van der Waals surface area contributed by atoms with Gasteiger partial charge in [0.15, 0.2) is 6.23 Å². The average molecular weight is 518 g/mol. The van der Waals surface area contributed by atoms with Crippen LogP contribution in [-0.2, 0) is 30.5 Å². The van der Waals surface area contributed by atoms with Crippen molar-refractivity contribution in [1.82, 2.24) is 9.29 Å². The normalized spacial score (nSPS) is 29.0. The first-order valence-electron chi connectivity index (χ1n) is 11.7. The summed E-state index contributed by atoms with van der Waals surface area (Å²) in [6.07, 6.45) is -3.12. The van der Waals surface area contributed by atoms with Crippen molar-refractivity contribution in [3.8, 4) is 0 Å². The molecule has 8 nitrogen and oxygen atoms in total. The van der Waals surface area contributed by atoms with Crippen molar-refractivity contribution in [1.29, 1.82) is 0 Å². The Labute approximate surface area is 202 Å². The molecule has 1 unspecified atom stereocenters. The highest BCUT2D eigenvalue weighted by Crippen LogP contribution is 2.64. The summed E-state index contributed by atoms with van der Waals surface area (Å²) in [6, 6.07) is 2.06. The lowest BCUT2D eigenvalue weighted by atomic mass is 9.70. The SMILES string of the molecule is CCC(=O)OC1CN(S(=O)(=O)C[C@@]23CC[C@H](CC2=O)C3(C)C)CCN1c1ccc(C(F)(F)F)cn1. The van der Waals surface area contributed by atoms with Crippen molar-refractivity contribution in [2.75, 3.05) is 30.3 Å². The first-order chi connectivity index (χ1) is 16.2. The Bertz CT molecular complexity index is 1110. The zero-order chi connectivity index (χ0) is 25.8. The first-order valence-corrected chi connectivity index (χ1v) is 13.3. The molecule has 0 aromatic carbocycles. The van der Waals surface area contributed by atoms with Crippen molar-refractivity contribution >= 4 is 27.6 Å². The zero-order valence-electron chi connectivity index (χ0n) is 20.0. The number of rotatable bonds is 6. The molecule has 1 aliphatic heterocycles. The maximum absolute atomic E-state index is 13.5. The van der Waals surface area contributed by atoms with Crippen LogP contribution in [0.5, 0.6) is 0 Å². The number of nitrogens with zero attached hydrogens (tertiary/aromatic N) is 3. The summed E-state index contributed by atoms with van der Waals surface area (Å²) in [6.45, 7) is 5.40. The fourth-order valence-electron chi connectivity index (χ4n) is 5.81. The Morgan fingerprint density at radius 1 is 1.26 bits per heavy atom. The Hall–Kier alpha value is -2.21. The highest BCUT2D eigenvalue weighted by molar-refractivity contribution is 7.89. The smallest absolute Gasteiger partial charge is 0.417 e. The number of aromatic nitrogens is 1. The number of anilines is 1. The summed E-state index contributed by atoms with van der Waals surface area (Å²) >= 11 is 0. The van der Waals surface area contributed by atoms with Crippen LogP contribution in [0.15, 0.2) is 18.3 Å². The third-order valence-corrected chi connectivity index (χ3v) is 10.2. The molecule has 4 rings (SSSR count). The van der Waals surface area contributed by atoms with E-state index in [-0.39, 0.29) is 49.3 Å². The van der Waals surface area contributed by atoms with Gasteiger partial charge in [0.1, 0.15) is 11.6 Å². The molecule has 0 amide bonds. The molecule has 0 radical (unpaired) electrons. The first kappa shape index (κ1) is 25.9.